The number of halogens is 3. The highest BCUT2D eigenvalue weighted by Gasteiger charge is 2.17. The number of anilines is 3. The lowest BCUT2D eigenvalue weighted by Gasteiger charge is -2.16. The van der Waals surface area contributed by atoms with Crippen LogP contribution in [-0.2, 0) is 33.8 Å². The van der Waals surface area contributed by atoms with E-state index in [4.69, 9.17) is 61.7 Å². The van der Waals surface area contributed by atoms with Crippen molar-refractivity contribution >= 4 is 67.3 Å². The van der Waals surface area contributed by atoms with Crippen molar-refractivity contribution in [2.75, 3.05) is 23.9 Å². The van der Waals surface area contributed by atoms with Gasteiger partial charge in [0.1, 0.15) is 12.4 Å². The lowest BCUT2D eigenvalue weighted by molar-refractivity contribution is 0.251. The molecule has 0 aliphatic carbocycles. The van der Waals surface area contributed by atoms with Crippen LogP contribution in [-0.4, -0.2) is 49.0 Å². The quantitative estimate of drug-likeness (QED) is 0.103. The van der Waals surface area contributed by atoms with Crippen molar-refractivity contribution in [3.8, 4) is 22.6 Å². The number of hydrogen-bond donors (Lipinski definition) is 6. The number of nitrogens with one attached hydrogen (secondary N) is 2. The molecule has 0 fully saturated rings. The van der Waals surface area contributed by atoms with Gasteiger partial charge >= 0.3 is 26.7 Å². The number of benzene rings is 3. The van der Waals surface area contributed by atoms with Crippen LogP contribution in [0.4, 0.5) is 26.1 Å². The predicted octanol–water partition coefficient (Wildman–Crippen LogP) is 4.53. The Hall–Kier alpha value is -4.46. The van der Waals surface area contributed by atoms with E-state index in [1.54, 1.807) is 36.4 Å². The summed E-state index contributed by atoms with van der Waals surface area (Å²) in [6, 6.07) is 14.1. The molecule has 0 aliphatic rings. The topological polar surface area (TPSA) is 246 Å². The Kier molecular flexibility index (Phi) is 11.9. The minimum absolute atomic E-state index is 0.0278. The standard InChI is InChI=1S/C26H23Cl2FN6O5S.H2O4S/c1-39-22-10-14(12-32-26(36)33-16-4-6-17(7-5-16)41(29,37)38)2-9-21(22)40-13-20-23(24(30)35-25(31)34-20)15-3-8-18(27)19(28)11-15;1-5(2,3)4/h2-11H,12-13H2,1H3,(H2,32,33,36)(H4,30,31,34,35);(H2,1,2,3,4). The lowest BCUT2D eigenvalue weighted by Crippen LogP contribution is -2.28. The van der Waals surface area contributed by atoms with Crippen molar-refractivity contribution in [1.29, 1.82) is 0 Å². The Bertz CT molecular complexity index is 1940. The van der Waals surface area contributed by atoms with Crippen LogP contribution in [0.15, 0.2) is 65.6 Å². The summed E-state index contributed by atoms with van der Waals surface area (Å²) in [4.78, 5) is 20.1. The van der Waals surface area contributed by atoms with E-state index >= 15 is 0 Å². The molecular formula is C26H25Cl2FN6O9S2. The Morgan fingerprint density at radius 2 is 1.59 bits per heavy atom. The second kappa shape index (κ2) is 15.2. The number of rotatable bonds is 9. The number of ether oxygens (including phenoxy) is 2. The van der Waals surface area contributed by atoms with Gasteiger partial charge < -0.3 is 31.6 Å². The van der Waals surface area contributed by atoms with E-state index in [0.29, 0.717) is 43.9 Å². The number of nitrogens with zero attached hydrogens (tertiary/aromatic N) is 2. The van der Waals surface area contributed by atoms with Gasteiger partial charge in [-0.05, 0) is 59.7 Å². The fourth-order valence-electron chi connectivity index (χ4n) is 3.76. The third kappa shape index (κ3) is 10.9. The second-order valence-electron chi connectivity index (χ2n) is 8.91. The fraction of sp³-hybridized carbons (Fsp3) is 0.115. The molecule has 3 aromatic carbocycles. The molecule has 46 heavy (non-hydrogen) atoms. The van der Waals surface area contributed by atoms with Gasteiger partial charge in [0.25, 0.3) is 0 Å². The van der Waals surface area contributed by atoms with Crippen LogP contribution in [0.25, 0.3) is 11.1 Å². The maximum Gasteiger partial charge on any atom is 0.394 e. The molecule has 0 bridgehead atoms. The van der Waals surface area contributed by atoms with Gasteiger partial charge in [0.15, 0.2) is 11.5 Å². The Balaban J connectivity index is 0.00000107. The fourth-order valence-corrected chi connectivity index (χ4v) is 4.52. The molecule has 246 valence electrons. The van der Waals surface area contributed by atoms with E-state index in [1.165, 1.54) is 19.2 Å². The molecule has 20 heteroatoms. The van der Waals surface area contributed by atoms with Crippen LogP contribution in [0, 0.1) is 0 Å². The van der Waals surface area contributed by atoms with Crippen molar-refractivity contribution in [3.05, 3.63) is 82.0 Å². The van der Waals surface area contributed by atoms with Gasteiger partial charge in [0.2, 0.25) is 5.95 Å². The Morgan fingerprint density at radius 1 is 0.935 bits per heavy atom. The molecule has 0 spiro atoms. The lowest BCUT2D eigenvalue weighted by atomic mass is 10.0. The van der Waals surface area contributed by atoms with Gasteiger partial charge in [0.05, 0.1) is 27.7 Å². The van der Waals surface area contributed by atoms with Crippen molar-refractivity contribution in [2.24, 2.45) is 0 Å². The molecule has 8 N–H and O–H groups in total. The van der Waals surface area contributed by atoms with Crippen molar-refractivity contribution in [1.82, 2.24) is 15.3 Å². The second-order valence-corrected chi connectivity index (χ2v) is 12.0. The number of carbonyl (C=O) groups is 1. The SMILES string of the molecule is COc1cc(CNC(=O)Nc2ccc(S(=O)(=O)F)cc2)ccc1OCc1nc(N)nc(N)c1-c1ccc(Cl)c(Cl)c1.O=S(=O)(O)O. The highest BCUT2D eigenvalue weighted by Crippen LogP contribution is 2.35. The summed E-state index contributed by atoms with van der Waals surface area (Å²) in [7, 11) is -8.02. The molecule has 2 amide bonds. The van der Waals surface area contributed by atoms with Gasteiger partial charge in [-0.1, -0.05) is 35.3 Å². The molecule has 0 saturated heterocycles. The van der Waals surface area contributed by atoms with Crippen molar-refractivity contribution in [2.45, 2.75) is 18.0 Å². The maximum absolute atomic E-state index is 13.0. The largest absolute Gasteiger partial charge is 0.493 e. The molecule has 1 aromatic heterocycles. The first kappa shape index (κ1) is 36.0. The number of nitrogens with two attached hydrogens (primary N) is 2. The van der Waals surface area contributed by atoms with Gasteiger partial charge in [-0.25, -0.2) is 9.78 Å². The molecule has 0 aliphatic heterocycles. The third-order valence-corrected chi connectivity index (χ3v) is 7.25. The molecule has 4 aromatic rings. The number of aromatic nitrogens is 2. The summed E-state index contributed by atoms with van der Waals surface area (Å²) in [6.07, 6.45) is 0. The van der Waals surface area contributed by atoms with Crippen molar-refractivity contribution < 1.29 is 44.1 Å². The summed E-state index contributed by atoms with van der Waals surface area (Å²) in [5, 5.41) is 5.91. The van der Waals surface area contributed by atoms with Gasteiger partial charge in [-0.3, -0.25) is 9.11 Å². The number of amides is 2. The van der Waals surface area contributed by atoms with E-state index in [9.17, 15) is 17.1 Å². The van der Waals surface area contributed by atoms with Crippen LogP contribution in [0.2, 0.25) is 10.0 Å². The molecule has 15 nitrogen and oxygen atoms in total. The maximum atomic E-state index is 13.0. The number of nitrogen functional groups attached to an aromatic ring is 2. The highest BCUT2D eigenvalue weighted by atomic mass is 35.5. The molecule has 0 radical (unpaired) electrons. The van der Waals surface area contributed by atoms with E-state index in [0.717, 1.165) is 12.1 Å². The van der Waals surface area contributed by atoms with Crippen LogP contribution in [0.5, 0.6) is 11.5 Å². The normalized spacial score (nSPS) is 11.2. The number of methoxy groups -OCH3 is 1. The van der Waals surface area contributed by atoms with Crippen molar-refractivity contribution in [3.63, 3.8) is 0 Å². The van der Waals surface area contributed by atoms with E-state index in [2.05, 4.69) is 20.6 Å². The molecule has 0 unspecified atom stereocenters. The monoisotopic (exact) mass is 718 g/mol. The molecule has 0 saturated carbocycles. The molecular weight excluding hydrogens is 694 g/mol. The first-order valence-electron chi connectivity index (χ1n) is 12.4. The summed E-state index contributed by atoms with van der Waals surface area (Å²) in [5.74, 6) is 0.891. The van der Waals surface area contributed by atoms with E-state index in [1.807, 2.05) is 0 Å². The van der Waals surface area contributed by atoms with Gasteiger partial charge in [-0.2, -0.15) is 21.8 Å². The number of hydrogen-bond acceptors (Lipinski definition) is 11. The van der Waals surface area contributed by atoms with Crippen LogP contribution in [0.3, 0.4) is 0 Å². The van der Waals surface area contributed by atoms with Crippen LogP contribution >= 0.6 is 23.2 Å². The Morgan fingerprint density at radius 3 is 2.17 bits per heavy atom. The average molecular weight is 720 g/mol. The predicted molar refractivity (Wildman–Crippen MR) is 168 cm³/mol. The van der Waals surface area contributed by atoms with Gasteiger partial charge in [-0.15, -0.1) is 3.89 Å². The van der Waals surface area contributed by atoms with Crippen LogP contribution < -0.4 is 31.6 Å². The summed E-state index contributed by atoms with van der Waals surface area (Å²) >= 11 is 12.2. The summed E-state index contributed by atoms with van der Waals surface area (Å²) in [6.45, 7) is 0.0885. The van der Waals surface area contributed by atoms with E-state index in [-0.39, 0.29) is 30.6 Å². The van der Waals surface area contributed by atoms with E-state index < -0.39 is 31.5 Å². The van der Waals surface area contributed by atoms with Gasteiger partial charge in [0, 0.05) is 17.8 Å². The minimum atomic E-state index is -4.82. The first-order chi connectivity index (χ1) is 21.4. The highest BCUT2D eigenvalue weighted by molar-refractivity contribution is 7.86. The number of carbonyl (C=O) groups excluding carboxylic acids is 1. The number of urea groups is 1. The first-order valence-corrected chi connectivity index (χ1v) is 15.9. The minimum Gasteiger partial charge on any atom is -0.493 e. The van der Waals surface area contributed by atoms with Crippen LogP contribution in [0.1, 0.15) is 11.3 Å². The smallest absolute Gasteiger partial charge is 0.394 e. The zero-order valence-corrected chi connectivity index (χ0v) is 26.6. The Labute approximate surface area is 272 Å². The average Bonchev–Trinajstić information content (AvgIpc) is 2.95. The zero-order chi connectivity index (χ0) is 34.2. The third-order valence-electron chi connectivity index (χ3n) is 5.68. The zero-order valence-electron chi connectivity index (χ0n) is 23.4. The molecule has 0 atom stereocenters. The molecule has 1 heterocycles. The molecule has 4 rings (SSSR count). The summed E-state index contributed by atoms with van der Waals surface area (Å²) < 4.78 is 77.9. The summed E-state index contributed by atoms with van der Waals surface area (Å²) in [5.41, 5.74) is 14.5.